The van der Waals surface area contributed by atoms with Crippen LogP contribution in [0.2, 0.25) is 0 Å². The minimum absolute atomic E-state index is 0.161. The monoisotopic (exact) mass is 385 g/mol. The van der Waals surface area contributed by atoms with Crippen molar-refractivity contribution in [3.63, 3.8) is 0 Å². The lowest BCUT2D eigenvalue weighted by Gasteiger charge is -2.08. The van der Waals surface area contributed by atoms with Gasteiger partial charge in [-0.15, -0.1) is 11.3 Å². The Balaban J connectivity index is 1.74. The maximum absolute atomic E-state index is 13.6. The molecule has 0 aliphatic rings. The van der Waals surface area contributed by atoms with Crippen LogP contribution in [0.25, 0.3) is 0 Å². The van der Waals surface area contributed by atoms with Gasteiger partial charge in [0.25, 0.3) is 0 Å². The lowest BCUT2D eigenvalue weighted by molar-refractivity contribution is 0.193. The third-order valence-electron chi connectivity index (χ3n) is 3.39. The predicted octanol–water partition coefficient (Wildman–Crippen LogP) is 3.18. The first-order valence-corrected chi connectivity index (χ1v) is 9.42. The van der Waals surface area contributed by atoms with Gasteiger partial charge in [0.05, 0.1) is 6.26 Å². The summed E-state index contributed by atoms with van der Waals surface area (Å²) in [4.78, 5) is 0.115. The van der Waals surface area contributed by atoms with Crippen molar-refractivity contribution in [1.82, 2.24) is 4.72 Å². The molecule has 1 unspecified atom stereocenters. The maximum Gasteiger partial charge on any atom is 0.246 e. The fourth-order valence-corrected chi connectivity index (χ4v) is 4.38. The van der Waals surface area contributed by atoms with Crippen molar-refractivity contribution >= 4 is 21.4 Å². The molecule has 2 N–H and O–H groups in total. The van der Waals surface area contributed by atoms with Crippen LogP contribution >= 0.6 is 11.3 Å². The SMILES string of the molecule is O=S(=O)(NCc1ccc(C(O)c2ccco2)s1)c1c(F)cccc1F. The highest BCUT2D eigenvalue weighted by Gasteiger charge is 2.24. The largest absolute Gasteiger partial charge is 0.466 e. The zero-order valence-electron chi connectivity index (χ0n) is 12.6. The Morgan fingerprint density at radius 3 is 2.48 bits per heavy atom. The molecule has 25 heavy (non-hydrogen) atoms. The molecule has 0 radical (unpaired) electrons. The van der Waals surface area contributed by atoms with E-state index in [2.05, 4.69) is 4.72 Å². The predicted molar refractivity (Wildman–Crippen MR) is 87.5 cm³/mol. The van der Waals surface area contributed by atoms with Crippen molar-refractivity contribution in [2.24, 2.45) is 0 Å². The molecule has 0 aliphatic heterocycles. The molecule has 1 atom stereocenters. The van der Waals surface area contributed by atoms with Crippen molar-refractivity contribution in [2.75, 3.05) is 0 Å². The van der Waals surface area contributed by atoms with Gasteiger partial charge in [-0.05, 0) is 36.4 Å². The third kappa shape index (κ3) is 3.79. The first-order chi connectivity index (χ1) is 11.9. The molecule has 2 heterocycles. The van der Waals surface area contributed by atoms with Crippen LogP contribution < -0.4 is 4.72 Å². The van der Waals surface area contributed by atoms with Gasteiger partial charge in [-0.3, -0.25) is 0 Å². The molecule has 0 spiro atoms. The Labute approximate surface area is 146 Å². The van der Waals surface area contributed by atoms with Gasteiger partial charge in [-0.25, -0.2) is 21.9 Å². The molecule has 0 bridgehead atoms. The standard InChI is InChI=1S/C16H13F2NO4S2/c17-11-3-1-4-12(18)16(11)25(21,22)19-9-10-6-7-14(24-10)15(20)13-5-2-8-23-13/h1-8,15,19-20H,9H2. The maximum atomic E-state index is 13.6. The molecular weight excluding hydrogens is 372 g/mol. The fraction of sp³-hybridized carbons (Fsp3) is 0.125. The van der Waals surface area contributed by atoms with Gasteiger partial charge in [0, 0.05) is 16.3 Å². The molecule has 132 valence electrons. The zero-order valence-corrected chi connectivity index (χ0v) is 14.3. The second-order valence-corrected chi connectivity index (χ2v) is 8.00. The molecule has 0 aliphatic carbocycles. The Hall–Kier alpha value is -2.07. The second kappa shape index (κ2) is 7.04. The van der Waals surface area contributed by atoms with Gasteiger partial charge in [0.2, 0.25) is 10.0 Å². The Kier molecular flexibility index (Phi) is 5.00. The van der Waals surface area contributed by atoms with E-state index in [4.69, 9.17) is 4.42 Å². The molecule has 9 heteroatoms. The van der Waals surface area contributed by atoms with Crippen LogP contribution in [0.15, 0.2) is 58.0 Å². The molecular formula is C16H13F2NO4S2. The van der Waals surface area contributed by atoms with E-state index < -0.39 is 32.7 Å². The molecule has 1 aromatic carbocycles. The smallest absolute Gasteiger partial charge is 0.246 e. The van der Waals surface area contributed by atoms with Crippen LogP contribution in [-0.2, 0) is 16.6 Å². The number of benzene rings is 1. The molecule has 0 fully saturated rings. The Bertz CT molecular complexity index is 948. The highest BCUT2D eigenvalue weighted by atomic mass is 32.2. The van der Waals surface area contributed by atoms with Crippen LogP contribution in [0.5, 0.6) is 0 Å². The van der Waals surface area contributed by atoms with Gasteiger partial charge < -0.3 is 9.52 Å². The number of rotatable bonds is 6. The number of halogens is 2. The van der Waals surface area contributed by atoms with Crippen molar-refractivity contribution < 1.29 is 26.7 Å². The Morgan fingerprint density at radius 2 is 1.84 bits per heavy atom. The number of thiophene rings is 1. The summed E-state index contributed by atoms with van der Waals surface area (Å²) in [6, 6.07) is 9.35. The number of hydrogen-bond acceptors (Lipinski definition) is 5. The number of hydrogen-bond donors (Lipinski definition) is 2. The van der Waals surface area contributed by atoms with Crippen molar-refractivity contribution in [2.45, 2.75) is 17.5 Å². The van der Waals surface area contributed by atoms with Crippen LogP contribution in [0.3, 0.4) is 0 Å². The molecule has 3 aromatic rings. The van der Waals surface area contributed by atoms with Crippen molar-refractivity contribution in [1.29, 1.82) is 0 Å². The third-order valence-corrected chi connectivity index (χ3v) is 5.98. The minimum Gasteiger partial charge on any atom is -0.466 e. The van der Waals surface area contributed by atoms with E-state index in [1.807, 2.05) is 0 Å². The van der Waals surface area contributed by atoms with E-state index in [-0.39, 0.29) is 6.54 Å². The van der Waals surface area contributed by atoms with Crippen LogP contribution in [0, 0.1) is 11.6 Å². The average Bonchev–Trinajstić information content (AvgIpc) is 3.24. The lowest BCUT2D eigenvalue weighted by atomic mass is 10.2. The van der Waals surface area contributed by atoms with Gasteiger partial charge in [0.15, 0.2) is 4.90 Å². The fourth-order valence-electron chi connectivity index (χ4n) is 2.20. The van der Waals surface area contributed by atoms with E-state index in [1.165, 1.54) is 6.26 Å². The van der Waals surface area contributed by atoms with Gasteiger partial charge in [-0.2, -0.15) is 0 Å². The summed E-state index contributed by atoms with van der Waals surface area (Å²) < 4.78 is 58.8. The molecule has 3 rings (SSSR count). The van der Waals surface area contributed by atoms with Gasteiger partial charge in [0.1, 0.15) is 23.5 Å². The average molecular weight is 385 g/mol. The first kappa shape index (κ1) is 17.7. The number of aliphatic hydroxyl groups excluding tert-OH is 1. The molecule has 5 nitrogen and oxygen atoms in total. The van der Waals surface area contributed by atoms with Crippen molar-refractivity contribution in [3.05, 3.63) is 75.9 Å². The highest BCUT2D eigenvalue weighted by Crippen LogP contribution is 2.29. The topological polar surface area (TPSA) is 79.5 Å². The summed E-state index contributed by atoms with van der Waals surface area (Å²) in [7, 11) is -4.35. The highest BCUT2D eigenvalue weighted by molar-refractivity contribution is 7.89. The summed E-state index contributed by atoms with van der Waals surface area (Å²) in [5.74, 6) is -1.96. The number of aliphatic hydroxyl groups is 1. The number of sulfonamides is 1. The zero-order chi connectivity index (χ0) is 18.0. The van der Waals surface area contributed by atoms with Crippen LogP contribution in [-0.4, -0.2) is 13.5 Å². The molecule has 2 aromatic heterocycles. The van der Waals surface area contributed by atoms with E-state index in [0.29, 0.717) is 15.5 Å². The summed E-state index contributed by atoms with van der Waals surface area (Å²) in [6.45, 7) is -0.161. The molecule has 0 saturated carbocycles. The summed E-state index contributed by atoms with van der Waals surface area (Å²) in [5, 5.41) is 10.2. The van der Waals surface area contributed by atoms with E-state index in [0.717, 1.165) is 29.5 Å². The van der Waals surface area contributed by atoms with Crippen LogP contribution in [0.1, 0.15) is 21.6 Å². The molecule has 0 amide bonds. The van der Waals surface area contributed by atoms with Crippen molar-refractivity contribution in [3.8, 4) is 0 Å². The first-order valence-electron chi connectivity index (χ1n) is 7.12. The van der Waals surface area contributed by atoms with Gasteiger partial charge >= 0.3 is 0 Å². The van der Waals surface area contributed by atoms with Gasteiger partial charge in [-0.1, -0.05) is 6.07 Å². The lowest BCUT2D eigenvalue weighted by Crippen LogP contribution is -2.24. The molecule has 0 saturated heterocycles. The summed E-state index contributed by atoms with van der Waals surface area (Å²) >= 11 is 1.16. The summed E-state index contributed by atoms with van der Waals surface area (Å²) in [6.07, 6.45) is 0.471. The summed E-state index contributed by atoms with van der Waals surface area (Å²) in [5.41, 5.74) is 0. The minimum atomic E-state index is -4.35. The number of nitrogens with one attached hydrogen (secondary N) is 1. The normalized spacial score (nSPS) is 13.1. The second-order valence-electron chi connectivity index (χ2n) is 5.10. The number of furan rings is 1. The Morgan fingerprint density at radius 1 is 1.12 bits per heavy atom. The van der Waals surface area contributed by atoms with E-state index in [9.17, 15) is 22.3 Å². The quantitative estimate of drug-likeness (QED) is 0.683. The van der Waals surface area contributed by atoms with E-state index in [1.54, 1.807) is 24.3 Å². The van der Waals surface area contributed by atoms with E-state index >= 15 is 0 Å². The van der Waals surface area contributed by atoms with Crippen LogP contribution in [0.4, 0.5) is 8.78 Å².